The van der Waals surface area contributed by atoms with Gasteiger partial charge in [-0.3, -0.25) is 14.2 Å². The Labute approximate surface area is 162 Å². The molecule has 2 heterocycles. The average molecular weight is 388 g/mol. The zero-order chi connectivity index (χ0) is 19.6. The first-order valence-corrected chi connectivity index (χ1v) is 9.29. The van der Waals surface area contributed by atoms with Crippen LogP contribution in [0, 0.1) is 13.8 Å². The quantitative estimate of drug-likeness (QED) is 0.701. The SMILES string of the molecule is CC[C@H](C(=O)NCCc1ccc(Cl)cc1)n1cnc2oc(C)c(C)c2c1=O. The third kappa shape index (κ3) is 3.90. The van der Waals surface area contributed by atoms with E-state index in [-0.39, 0.29) is 11.5 Å². The van der Waals surface area contributed by atoms with Gasteiger partial charge in [0.2, 0.25) is 11.6 Å². The molecule has 2 aromatic heterocycles. The second-order valence-electron chi connectivity index (χ2n) is 6.51. The lowest BCUT2D eigenvalue weighted by Crippen LogP contribution is -2.38. The Balaban J connectivity index is 1.76. The number of nitrogens with zero attached hydrogens (tertiary/aromatic N) is 2. The third-order valence-electron chi connectivity index (χ3n) is 4.77. The number of aryl methyl sites for hydroxylation is 2. The predicted octanol–water partition coefficient (Wildman–Crippen LogP) is 3.57. The van der Waals surface area contributed by atoms with Crippen molar-refractivity contribution in [3.63, 3.8) is 0 Å². The van der Waals surface area contributed by atoms with Crippen LogP contribution in [0.2, 0.25) is 5.02 Å². The summed E-state index contributed by atoms with van der Waals surface area (Å²) >= 11 is 5.88. The Kier molecular flexibility index (Phi) is 5.65. The standard InChI is InChI=1S/C20H22ClN3O3/c1-4-16(18(25)22-10-9-14-5-7-15(21)8-6-14)24-11-23-19-17(20(24)26)12(2)13(3)27-19/h5-8,11,16H,4,9-10H2,1-3H3,(H,22,25)/t16-/m1/s1. The molecule has 0 unspecified atom stereocenters. The summed E-state index contributed by atoms with van der Waals surface area (Å²) in [6.07, 6.45) is 2.56. The van der Waals surface area contributed by atoms with Crippen LogP contribution >= 0.6 is 11.6 Å². The molecule has 3 rings (SSSR count). The van der Waals surface area contributed by atoms with Gasteiger partial charge in [0.1, 0.15) is 23.5 Å². The van der Waals surface area contributed by atoms with Gasteiger partial charge in [-0.2, -0.15) is 0 Å². The van der Waals surface area contributed by atoms with Crippen molar-refractivity contribution in [2.75, 3.05) is 6.54 Å². The van der Waals surface area contributed by atoms with E-state index in [1.54, 1.807) is 6.92 Å². The van der Waals surface area contributed by atoms with Gasteiger partial charge in [0.15, 0.2) is 0 Å². The largest absolute Gasteiger partial charge is 0.443 e. The predicted molar refractivity (Wildman–Crippen MR) is 105 cm³/mol. The molecule has 0 aliphatic carbocycles. The minimum Gasteiger partial charge on any atom is -0.443 e. The first-order valence-electron chi connectivity index (χ1n) is 8.91. The van der Waals surface area contributed by atoms with Crippen LogP contribution in [0.25, 0.3) is 11.1 Å². The van der Waals surface area contributed by atoms with E-state index in [1.165, 1.54) is 10.9 Å². The number of amides is 1. The molecule has 0 bridgehead atoms. The Hall–Kier alpha value is -2.60. The van der Waals surface area contributed by atoms with Gasteiger partial charge in [0.25, 0.3) is 5.56 Å². The van der Waals surface area contributed by atoms with Crippen LogP contribution in [0.1, 0.15) is 36.3 Å². The Morgan fingerprint density at radius 3 is 2.67 bits per heavy atom. The topological polar surface area (TPSA) is 77.1 Å². The molecular weight excluding hydrogens is 366 g/mol. The Morgan fingerprint density at radius 1 is 1.30 bits per heavy atom. The van der Waals surface area contributed by atoms with Crippen molar-refractivity contribution in [1.29, 1.82) is 0 Å². The lowest BCUT2D eigenvalue weighted by molar-refractivity contribution is -0.124. The van der Waals surface area contributed by atoms with E-state index in [2.05, 4.69) is 10.3 Å². The normalized spacial score (nSPS) is 12.3. The summed E-state index contributed by atoms with van der Waals surface area (Å²) in [4.78, 5) is 29.7. The van der Waals surface area contributed by atoms with Gasteiger partial charge in [-0.05, 0) is 44.4 Å². The molecule has 0 spiro atoms. The zero-order valence-electron chi connectivity index (χ0n) is 15.6. The van der Waals surface area contributed by atoms with E-state index in [1.807, 2.05) is 38.1 Å². The highest BCUT2D eigenvalue weighted by Crippen LogP contribution is 2.20. The van der Waals surface area contributed by atoms with Crippen LogP contribution < -0.4 is 10.9 Å². The number of hydrogen-bond acceptors (Lipinski definition) is 4. The molecule has 7 heteroatoms. The molecule has 1 N–H and O–H groups in total. The number of nitrogens with one attached hydrogen (secondary N) is 1. The van der Waals surface area contributed by atoms with E-state index >= 15 is 0 Å². The van der Waals surface area contributed by atoms with Gasteiger partial charge in [0, 0.05) is 17.1 Å². The molecule has 27 heavy (non-hydrogen) atoms. The van der Waals surface area contributed by atoms with E-state index in [0.717, 1.165) is 11.1 Å². The zero-order valence-corrected chi connectivity index (χ0v) is 16.3. The van der Waals surface area contributed by atoms with Crippen molar-refractivity contribution in [2.45, 2.75) is 39.7 Å². The van der Waals surface area contributed by atoms with Crippen molar-refractivity contribution < 1.29 is 9.21 Å². The Morgan fingerprint density at radius 2 is 2.00 bits per heavy atom. The fourth-order valence-corrected chi connectivity index (χ4v) is 3.20. The highest BCUT2D eigenvalue weighted by molar-refractivity contribution is 6.30. The van der Waals surface area contributed by atoms with E-state index in [0.29, 0.717) is 41.3 Å². The lowest BCUT2D eigenvalue weighted by atomic mass is 10.1. The first kappa shape index (κ1) is 19.2. The van der Waals surface area contributed by atoms with Crippen LogP contribution in [-0.2, 0) is 11.2 Å². The molecule has 0 aliphatic heterocycles. The fourth-order valence-electron chi connectivity index (χ4n) is 3.08. The van der Waals surface area contributed by atoms with E-state index in [9.17, 15) is 9.59 Å². The number of hydrogen-bond donors (Lipinski definition) is 1. The van der Waals surface area contributed by atoms with E-state index < -0.39 is 6.04 Å². The molecule has 0 radical (unpaired) electrons. The number of furan rings is 1. The maximum Gasteiger partial charge on any atom is 0.265 e. The van der Waals surface area contributed by atoms with Gasteiger partial charge >= 0.3 is 0 Å². The average Bonchev–Trinajstić information content (AvgIpc) is 2.94. The molecule has 142 valence electrons. The summed E-state index contributed by atoms with van der Waals surface area (Å²) in [6.45, 7) is 5.96. The van der Waals surface area contributed by atoms with Gasteiger partial charge in [-0.25, -0.2) is 4.98 Å². The molecule has 3 aromatic rings. The number of fused-ring (bicyclic) bond motifs is 1. The van der Waals surface area contributed by atoms with Crippen LogP contribution in [0.15, 0.2) is 39.8 Å². The Bertz CT molecular complexity index is 1020. The highest BCUT2D eigenvalue weighted by Gasteiger charge is 2.22. The number of benzene rings is 1. The molecule has 1 aromatic carbocycles. The maximum absolute atomic E-state index is 12.9. The van der Waals surface area contributed by atoms with Crippen molar-refractivity contribution >= 4 is 28.6 Å². The molecule has 1 amide bonds. The molecule has 1 atom stereocenters. The van der Waals surface area contributed by atoms with Crippen molar-refractivity contribution in [3.8, 4) is 0 Å². The van der Waals surface area contributed by atoms with Gasteiger partial charge in [0.05, 0.1) is 0 Å². The van der Waals surface area contributed by atoms with Crippen molar-refractivity contribution in [1.82, 2.24) is 14.9 Å². The summed E-state index contributed by atoms with van der Waals surface area (Å²) in [7, 11) is 0. The number of aromatic nitrogens is 2. The van der Waals surface area contributed by atoms with Crippen LogP contribution in [0.3, 0.4) is 0 Å². The lowest BCUT2D eigenvalue weighted by Gasteiger charge is -2.17. The van der Waals surface area contributed by atoms with Crippen LogP contribution in [0.5, 0.6) is 0 Å². The molecule has 0 saturated heterocycles. The van der Waals surface area contributed by atoms with Crippen LogP contribution in [-0.4, -0.2) is 22.0 Å². The van der Waals surface area contributed by atoms with Crippen LogP contribution in [0.4, 0.5) is 0 Å². The minimum atomic E-state index is -0.616. The number of carbonyl (C=O) groups excluding carboxylic acids is 1. The molecule has 0 saturated carbocycles. The number of rotatable bonds is 6. The number of halogens is 1. The molecular formula is C20H22ClN3O3. The third-order valence-corrected chi connectivity index (χ3v) is 5.02. The highest BCUT2D eigenvalue weighted by atomic mass is 35.5. The molecule has 0 fully saturated rings. The summed E-state index contributed by atoms with van der Waals surface area (Å²) in [5, 5.41) is 4.02. The summed E-state index contributed by atoms with van der Waals surface area (Å²) < 4.78 is 6.89. The monoisotopic (exact) mass is 387 g/mol. The smallest absolute Gasteiger partial charge is 0.265 e. The molecule has 0 aliphatic rings. The fraction of sp³-hybridized carbons (Fsp3) is 0.350. The second-order valence-corrected chi connectivity index (χ2v) is 6.95. The molecule has 6 nitrogen and oxygen atoms in total. The second kappa shape index (κ2) is 7.96. The van der Waals surface area contributed by atoms with Crippen molar-refractivity contribution in [2.24, 2.45) is 0 Å². The first-order chi connectivity index (χ1) is 12.9. The maximum atomic E-state index is 12.9. The summed E-state index contributed by atoms with van der Waals surface area (Å²) in [5.41, 5.74) is 1.89. The van der Waals surface area contributed by atoms with Gasteiger partial charge in [-0.1, -0.05) is 30.7 Å². The van der Waals surface area contributed by atoms with E-state index in [4.69, 9.17) is 16.0 Å². The summed E-state index contributed by atoms with van der Waals surface area (Å²) in [5.74, 6) is 0.459. The minimum absolute atomic E-state index is 0.201. The van der Waals surface area contributed by atoms with Gasteiger partial charge < -0.3 is 9.73 Å². The number of carbonyl (C=O) groups is 1. The summed E-state index contributed by atoms with van der Waals surface area (Å²) in [6, 6.07) is 6.89. The van der Waals surface area contributed by atoms with Crippen molar-refractivity contribution in [3.05, 3.63) is 62.9 Å². The van der Waals surface area contributed by atoms with Gasteiger partial charge in [-0.15, -0.1) is 0 Å².